The minimum Gasteiger partial charge on any atom is -0.377 e. The summed E-state index contributed by atoms with van der Waals surface area (Å²) in [5.74, 6) is 0.0833. The third kappa shape index (κ3) is 5.45. The molecule has 0 radical (unpaired) electrons. The van der Waals surface area contributed by atoms with Crippen LogP contribution in [0.3, 0.4) is 0 Å². The Morgan fingerprint density at radius 2 is 1.78 bits per heavy atom. The normalized spacial score (nSPS) is 19.4. The van der Waals surface area contributed by atoms with Crippen LogP contribution < -0.4 is 5.32 Å². The molecule has 2 aromatic carbocycles. The monoisotopic (exact) mass is 454 g/mol. The van der Waals surface area contributed by atoms with E-state index in [1.54, 1.807) is 22.1 Å². The summed E-state index contributed by atoms with van der Waals surface area (Å²) in [4.78, 5) is 4.07. The first-order valence-corrected chi connectivity index (χ1v) is 12.4. The molecule has 1 aliphatic rings. The van der Waals surface area contributed by atoms with Crippen molar-refractivity contribution in [2.24, 2.45) is 7.05 Å². The van der Waals surface area contributed by atoms with Crippen LogP contribution in [0.4, 0.5) is 0 Å². The fourth-order valence-corrected chi connectivity index (χ4v) is 5.55. The maximum atomic E-state index is 13.1. The molecule has 7 nitrogen and oxygen atoms in total. The first kappa shape index (κ1) is 22.7. The molecule has 0 aliphatic carbocycles. The third-order valence-electron chi connectivity index (χ3n) is 5.78. The molecule has 1 saturated heterocycles. The number of hydrogen-bond donors (Lipinski definition) is 1. The minimum atomic E-state index is -3.62. The summed E-state index contributed by atoms with van der Waals surface area (Å²) in [7, 11) is -1.85. The van der Waals surface area contributed by atoms with Gasteiger partial charge in [0.1, 0.15) is 0 Å². The van der Waals surface area contributed by atoms with Crippen LogP contribution in [0.15, 0.2) is 78.2 Å². The highest BCUT2D eigenvalue weighted by molar-refractivity contribution is 7.89. The molecule has 2 heterocycles. The molecule has 0 amide bonds. The van der Waals surface area contributed by atoms with E-state index in [4.69, 9.17) is 4.74 Å². The van der Waals surface area contributed by atoms with E-state index in [1.807, 2.05) is 36.4 Å². The number of nitrogens with one attached hydrogen (secondary N) is 1. The lowest BCUT2D eigenvalue weighted by Gasteiger charge is -2.20. The molecule has 3 aromatic rings. The van der Waals surface area contributed by atoms with E-state index < -0.39 is 10.0 Å². The summed E-state index contributed by atoms with van der Waals surface area (Å²) in [6, 6.07) is 20.3. The smallest absolute Gasteiger partial charge is 0.262 e. The van der Waals surface area contributed by atoms with Gasteiger partial charge in [-0.05, 0) is 24.1 Å². The van der Waals surface area contributed by atoms with Gasteiger partial charge in [-0.15, -0.1) is 0 Å². The van der Waals surface area contributed by atoms with Crippen molar-refractivity contribution >= 4 is 10.0 Å². The summed E-state index contributed by atoms with van der Waals surface area (Å²) in [6.07, 6.45) is 3.93. The van der Waals surface area contributed by atoms with Crippen molar-refractivity contribution in [3.05, 3.63) is 84.3 Å². The van der Waals surface area contributed by atoms with E-state index in [0.29, 0.717) is 26.3 Å². The van der Waals surface area contributed by atoms with E-state index in [9.17, 15) is 8.42 Å². The van der Waals surface area contributed by atoms with Crippen molar-refractivity contribution < 1.29 is 13.2 Å². The summed E-state index contributed by atoms with van der Waals surface area (Å²) in [6.45, 7) is 2.88. The highest BCUT2D eigenvalue weighted by Crippen LogP contribution is 2.31. The predicted octanol–water partition coefficient (Wildman–Crippen LogP) is 2.77. The van der Waals surface area contributed by atoms with Gasteiger partial charge in [0.25, 0.3) is 10.0 Å². The summed E-state index contributed by atoms with van der Waals surface area (Å²) >= 11 is 0. The van der Waals surface area contributed by atoms with E-state index in [0.717, 1.165) is 24.1 Å². The standard InChI is InChI=1S/C24H30N4O3S/c1-27-17-24(26-19-27)32(29,30)28-15-22(21-11-6-3-7-12-21)23(16-28)25-13-8-14-31-18-20-9-4-2-5-10-20/h2-7,9-12,17,19,22-23,25H,8,13-16,18H2,1H3. The quantitative estimate of drug-likeness (QED) is 0.477. The Morgan fingerprint density at radius 1 is 1.06 bits per heavy atom. The van der Waals surface area contributed by atoms with Crippen LogP contribution in [0.25, 0.3) is 0 Å². The van der Waals surface area contributed by atoms with E-state index in [-0.39, 0.29) is 17.0 Å². The largest absolute Gasteiger partial charge is 0.377 e. The van der Waals surface area contributed by atoms with Gasteiger partial charge in [0.15, 0.2) is 5.03 Å². The Kier molecular flexibility index (Phi) is 7.36. The Bertz CT molecular complexity index is 1090. The lowest BCUT2D eigenvalue weighted by Crippen LogP contribution is -2.37. The zero-order chi connectivity index (χ0) is 22.4. The summed E-state index contributed by atoms with van der Waals surface area (Å²) in [5, 5.41) is 3.67. The molecule has 1 fully saturated rings. The number of aromatic nitrogens is 2. The average Bonchev–Trinajstić information content (AvgIpc) is 3.45. The maximum absolute atomic E-state index is 13.1. The highest BCUT2D eigenvalue weighted by atomic mass is 32.2. The van der Waals surface area contributed by atoms with Crippen LogP contribution in [0, 0.1) is 0 Å². The number of hydrogen-bond acceptors (Lipinski definition) is 5. The lowest BCUT2D eigenvalue weighted by molar-refractivity contribution is 0.118. The molecule has 0 saturated carbocycles. The highest BCUT2D eigenvalue weighted by Gasteiger charge is 2.40. The number of benzene rings is 2. The molecule has 0 bridgehead atoms. The fraction of sp³-hybridized carbons (Fsp3) is 0.375. The van der Waals surface area contributed by atoms with Gasteiger partial charge in [-0.2, -0.15) is 4.31 Å². The van der Waals surface area contributed by atoms with Gasteiger partial charge in [-0.3, -0.25) is 0 Å². The van der Waals surface area contributed by atoms with Crippen LogP contribution in [0.1, 0.15) is 23.5 Å². The van der Waals surface area contributed by atoms with Gasteiger partial charge in [0.2, 0.25) is 0 Å². The van der Waals surface area contributed by atoms with Gasteiger partial charge in [0.05, 0.1) is 12.9 Å². The number of aryl methyl sites for hydroxylation is 1. The van der Waals surface area contributed by atoms with Gasteiger partial charge in [0, 0.05) is 44.9 Å². The Hall–Kier alpha value is -2.52. The van der Waals surface area contributed by atoms with Gasteiger partial charge < -0.3 is 14.6 Å². The topological polar surface area (TPSA) is 76.5 Å². The first-order valence-electron chi connectivity index (χ1n) is 10.9. The zero-order valence-corrected chi connectivity index (χ0v) is 19.1. The molecule has 0 spiro atoms. The molecule has 32 heavy (non-hydrogen) atoms. The van der Waals surface area contributed by atoms with Crippen LogP contribution in [0.2, 0.25) is 0 Å². The van der Waals surface area contributed by atoms with Crippen LogP contribution in [-0.4, -0.2) is 54.6 Å². The van der Waals surface area contributed by atoms with Gasteiger partial charge >= 0.3 is 0 Å². The predicted molar refractivity (Wildman–Crippen MR) is 124 cm³/mol. The van der Waals surface area contributed by atoms with Crippen LogP contribution in [-0.2, 0) is 28.4 Å². The number of rotatable bonds is 10. The van der Waals surface area contributed by atoms with E-state index >= 15 is 0 Å². The number of nitrogens with zero attached hydrogens (tertiary/aromatic N) is 3. The number of sulfonamides is 1. The molecular weight excluding hydrogens is 424 g/mol. The fourth-order valence-electron chi connectivity index (χ4n) is 4.09. The second-order valence-electron chi connectivity index (χ2n) is 8.17. The molecular formula is C24H30N4O3S. The van der Waals surface area contributed by atoms with E-state index in [2.05, 4.69) is 34.6 Å². The van der Waals surface area contributed by atoms with Crippen molar-refractivity contribution in [3.63, 3.8) is 0 Å². The van der Waals surface area contributed by atoms with Crippen molar-refractivity contribution in [1.29, 1.82) is 0 Å². The van der Waals surface area contributed by atoms with Crippen molar-refractivity contribution in [1.82, 2.24) is 19.2 Å². The Morgan fingerprint density at radius 3 is 2.47 bits per heavy atom. The lowest BCUT2D eigenvalue weighted by atomic mass is 9.94. The molecule has 2 atom stereocenters. The molecule has 170 valence electrons. The second kappa shape index (κ2) is 10.4. The SMILES string of the molecule is Cn1cnc(S(=O)(=O)N2CC(NCCCOCc3ccccc3)C(c3ccccc3)C2)c1. The molecule has 4 rings (SSSR count). The zero-order valence-electron chi connectivity index (χ0n) is 18.3. The summed E-state index contributed by atoms with van der Waals surface area (Å²) in [5.41, 5.74) is 2.31. The Labute approximate surface area is 190 Å². The van der Waals surface area contributed by atoms with E-state index in [1.165, 1.54) is 6.33 Å². The average molecular weight is 455 g/mol. The third-order valence-corrected chi connectivity index (χ3v) is 7.50. The van der Waals surface area contributed by atoms with Crippen LogP contribution in [0.5, 0.6) is 0 Å². The number of ether oxygens (including phenoxy) is 1. The van der Waals surface area contributed by atoms with Crippen molar-refractivity contribution in [2.75, 3.05) is 26.2 Å². The summed E-state index contributed by atoms with van der Waals surface area (Å²) < 4.78 is 35.2. The van der Waals surface area contributed by atoms with Crippen molar-refractivity contribution in [3.8, 4) is 0 Å². The molecule has 2 unspecified atom stereocenters. The molecule has 1 aliphatic heterocycles. The van der Waals surface area contributed by atoms with Crippen LogP contribution >= 0.6 is 0 Å². The van der Waals surface area contributed by atoms with Gasteiger partial charge in [-0.1, -0.05) is 60.7 Å². The van der Waals surface area contributed by atoms with Crippen molar-refractivity contribution in [2.45, 2.75) is 30.0 Å². The number of imidazole rings is 1. The van der Waals surface area contributed by atoms with Gasteiger partial charge in [-0.25, -0.2) is 13.4 Å². The molecule has 8 heteroatoms. The second-order valence-corrected chi connectivity index (χ2v) is 10.1. The molecule has 1 aromatic heterocycles. The Balaban J connectivity index is 1.35. The molecule has 1 N–H and O–H groups in total. The first-order chi connectivity index (χ1) is 15.5. The maximum Gasteiger partial charge on any atom is 0.262 e. The minimum absolute atomic E-state index is 0.0324.